The molecule has 3 aromatic rings. The van der Waals surface area contributed by atoms with Gasteiger partial charge < -0.3 is 9.47 Å². The van der Waals surface area contributed by atoms with Crippen LogP contribution in [-0.2, 0) is 4.74 Å². The van der Waals surface area contributed by atoms with Crippen LogP contribution in [0.5, 0.6) is 5.75 Å². The molecule has 2 aromatic carbocycles. The molecule has 1 aromatic heterocycles. The third-order valence-corrected chi connectivity index (χ3v) is 6.05. The Bertz CT molecular complexity index is 906. The van der Waals surface area contributed by atoms with Crippen LogP contribution in [0.3, 0.4) is 0 Å². The van der Waals surface area contributed by atoms with Crippen molar-refractivity contribution in [2.24, 2.45) is 0 Å². The van der Waals surface area contributed by atoms with E-state index in [1.165, 1.54) is 6.42 Å². The molecule has 0 N–H and O–H groups in total. The van der Waals surface area contributed by atoms with E-state index in [9.17, 15) is 0 Å². The second-order valence-electron chi connectivity index (χ2n) is 6.65. The van der Waals surface area contributed by atoms with Crippen molar-refractivity contribution in [1.82, 2.24) is 14.8 Å². The lowest BCUT2D eigenvalue weighted by Crippen LogP contribution is -2.21. The first-order chi connectivity index (χ1) is 13.7. The predicted octanol–water partition coefficient (Wildman–Crippen LogP) is 5.26. The van der Waals surface area contributed by atoms with Crippen molar-refractivity contribution in [1.29, 1.82) is 0 Å². The van der Waals surface area contributed by atoms with Gasteiger partial charge in [-0.15, -0.1) is 10.2 Å². The maximum Gasteiger partial charge on any atom is 0.196 e. The van der Waals surface area contributed by atoms with Crippen LogP contribution in [0.15, 0.2) is 53.7 Å². The smallest absolute Gasteiger partial charge is 0.196 e. The molecule has 0 aliphatic carbocycles. The number of nitrogens with zero attached hydrogens (tertiary/aromatic N) is 3. The van der Waals surface area contributed by atoms with Gasteiger partial charge in [-0.25, -0.2) is 0 Å². The van der Waals surface area contributed by atoms with E-state index < -0.39 is 0 Å². The Morgan fingerprint density at radius 1 is 1.11 bits per heavy atom. The molecule has 4 rings (SSSR count). The Morgan fingerprint density at radius 2 is 1.89 bits per heavy atom. The first-order valence-electron chi connectivity index (χ1n) is 9.35. The van der Waals surface area contributed by atoms with E-state index in [-0.39, 0.29) is 6.10 Å². The molecular weight excluding hydrogens is 394 g/mol. The summed E-state index contributed by atoms with van der Waals surface area (Å²) in [7, 11) is 1.66. The first kappa shape index (κ1) is 19.3. The molecule has 146 valence electrons. The van der Waals surface area contributed by atoms with Crippen LogP contribution in [0.25, 0.3) is 17.1 Å². The summed E-state index contributed by atoms with van der Waals surface area (Å²) in [5.41, 5.74) is 1.95. The molecule has 1 unspecified atom stereocenters. The fourth-order valence-electron chi connectivity index (χ4n) is 3.22. The maximum absolute atomic E-state index is 6.09. The molecule has 1 saturated heterocycles. The van der Waals surface area contributed by atoms with Crippen molar-refractivity contribution < 1.29 is 9.47 Å². The summed E-state index contributed by atoms with van der Waals surface area (Å²) in [6.45, 7) is 0.853. The third-order valence-electron chi connectivity index (χ3n) is 4.74. The molecular formula is C21H22ClN3O2S. The number of benzene rings is 2. The van der Waals surface area contributed by atoms with Crippen molar-refractivity contribution in [3.05, 3.63) is 53.6 Å². The van der Waals surface area contributed by atoms with E-state index in [1.807, 2.05) is 48.5 Å². The second-order valence-corrected chi connectivity index (χ2v) is 8.07. The zero-order valence-electron chi connectivity index (χ0n) is 15.7. The van der Waals surface area contributed by atoms with Gasteiger partial charge in [0, 0.05) is 28.6 Å². The van der Waals surface area contributed by atoms with Crippen LogP contribution in [-0.4, -0.2) is 40.3 Å². The minimum Gasteiger partial charge on any atom is -0.497 e. The van der Waals surface area contributed by atoms with E-state index in [4.69, 9.17) is 21.1 Å². The summed E-state index contributed by atoms with van der Waals surface area (Å²) < 4.78 is 13.2. The molecule has 1 aliphatic rings. The van der Waals surface area contributed by atoms with Crippen molar-refractivity contribution in [3.8, 4) is 22.8 Å². The fraction of sp³-hybridized carbons (Fsp3) is 0.333. The molecule has 0 saturated carbocycles. The zero-order chi connectivity index (χ0) is 19.3. The van der Waals surface area contributed by atoms with Crippen LogP contribution in [0.2, 0.25) is 5.02 Å². The van der Waals surface area contributed by atoms with Crippen molar-refractivity contribution in [2.45, 2.75) is 30.5 Å². The van der Waals surface area contributed by atoms with Crippen LogP contribution in [0.4, 0.5) is 0 Å². The summed E-state index contributed by atoms with van der Waals surface area (Å²) in [6.07, 6.45) is 3.77. The Morgan fingerprint density at radius 3 is 2.57 bits per heavy atom. The number of aromatic nitrogens is 3. The van der Waals surface area contributed by atoms with Crippen LogP contribution in [0, 0.1) is 0 Å². The highest BCUT2D eigenvalue weighted by Gasteiger charge is 2.19. The Labute approximate surface area is 174 Å². The summed E-state index contributed by atoms with van der Waals surface area (Å²) in [5.74, 6) is 2.47. The molecule has 2 heterocycles. The third kappa shape index (κ3) is 4.35. The number of hydrogen-bond acceptors (Lipinski definition) is 5. The standard InChI is InChI=1S/C21H22ClN3O2S/c1-26-18-11-5-15(6-12-18)20-23-24-21(28-14-19-4-2-3-13-27-19)25(20)17-9-7-16(22)8-10-17/h5-12,19H,2-4,13-14H2,1H3. The normalized spacial score (nSPS) is 16.9. The van der Waals surface area contributed by atoms with Crippen molar-refractivity contribution >= 4 is 23.4 Å². The van der Waals surface area contributed by atoms with Crippen LogP contribution >= 0.6 is 23.4 Å². The second kappa shape index (κ2) is 8.99. The summed E-state index contributed by atoms with van der Waals surface area (Å²) >= 11 is 7.77. The van der Waals surface area contributed by atoms with Gasteiger partial charge in [0.15, 0.2) is 11.0 Å². The van der Waals surface area contributed by atoms with E-state index in [0.29, 0.717) is 5.02 Å². The molecule has 0 bridgehead atoms. The van der Waals surface area contributed by atoms with Gasteiger partial charge >= 0.3 is 0 Å². The van der Waals surface area contributed by atoms with Crippen LogP contribution in [0.1, 0.15) is 19.3 Å². The Hall–Kier alpha value is -2.02. The monoisotopic (exact) mass is 415 g/mol. The van der Waals surface area contributed by atoms with E-state index in [2.05, 4.69) is 14.8 Å². The quantitative estimate of drug-likeness (QED) is 0.514. The molecule has 0 amide bonds. The molecule has 5 nitrogen and oxygen atoms in total. The number of hydrogen-bond donors (Lipinski definition) is 0. The van der Waals surface area contributed by atoms with Crippen molar-refractivity contribution in [3.63, 3.8) is 0 Å². The SMILES string of the molecule is COc1ccc(-c2nnc(SCC3CCCCO3)n2-c2ccc(Cl)cc2)cc1. The Balaban J connectivity index is 1.67. The van der Waals surface area contributed by atoms with Gasteiger partial charge in [0.25, 0.3) is 0 Å². The lowest BCUT2D eigenvalue weighted by Gasteiger charge is -2.22. The number of thioether (sulfide) groups is 1. The maximum atomic E-state index is 6.09. The highest BCUT2D eigenvalue weighted by atomic mass is 35.5. The van der Waals surface area contributed by atoms with Gasteiger partial charge in [-0.2, -0.15) is 0 Å². The zero-order valence-corrected chi connectivity index (χ0v) is 17.2. The lowest BCUT2D eigenvalue weighted by atomic mass is 10.1. The number of methoxy groups -OCH3 is 1. The van der Waals surface area contributed by atoms with Gasteiger partial charge in [0.1, 0.15) is 5.75 Å². The first-order valence-corrected chi connectivity index (χ1v) is 10.7. The number of halogens is 1. The predicted molar refractivity (Wildman–Crippen MR) is 113 cm³/mol. The molecule has 0 spiro atoms. The van der Waals surface area contributed by atoms with Gasteiger partial charge in [-0.1, -0.05) is 23.4 Å². The minimum absolute atomic E-state index is 0.276. The summed E-state index contributed by atoms with van der Waals surface area (Å²) in [5, 5.41) is 10.5. The minimum atomic E-state index is 0.276. The van der Waals surface area contributed by atoms with Crippen molar-refractivity contribution in [2.75, 3.05) is 19.5 Å². The van der Waals surface area contributed by atoms with E-state index in [1.54, 1.807) is 18.9 Å². The van der Waals surface area contributed by atoms with Gasteiger partial charge in [-0.05, 0) is 67.8 Å². The average Bonchev–Trinajstić information content (AvgIpc) is 3.17. The van der Waals surface area contributed by atoms with Gasteiger partial charge in [0.05, 0.1) is 13.2 Å². The number of rotatable bonds is 6. The van der Waals surface area contributed by atoms with Gasteiger partial charge in [0.2, 0.25) is 0 Å². The lowest BCUT2D eigenvalue weighted by molar-refractivity contribution is 0.0315. The average molecular weight is 416 g/mol. The summed E-state index contributed by atoms with van der Waals surface area (Å²) in [6, 6.07) is 15.6. The van der Waals surface area contributed by atoms with E-state index >= 15 is 0 Å². The molecule has 0 radical (unpaired) electrons. The molecule has 1 atom stereocenters. The highest BCUT2D eigenvalue weighted by molar-refractivity contribution is 7.99. The Kier molecular flexibility index (Phi) is 6.20. The largest absolute Gasteiger partial charge is 0.497 e. The molecule has 1 fully saturated rings. The number of ether oxygens (including phenoxy) is 2. The van der Waals surface area contributed by atoms with Crippen LogP contribution < -0.4 is 4.74 Å². The van der Waals surface area contributed by atoms with E-state index in [0.717, 1.165) is 53.2 Å². The topological polar surface area (TPSA) is 49.2 Å². The molecule has 1 aliphatic heterocycles. The summed E-state index contributed by atoms with van der Waals surface area (Å²) in [4.78, 5) is 0. The van der Waals surface area contributed by atoms with Gasteiger partial charge in [-0.3, -0.25) is 4.57 Å². The molecule has 7 heteroatoms. The highest BCUT2D eigenvalue weighted by Crippen LogP contribution is 2.31. The fourth-order valence-corrected chi connectivity index (χ4v) is 4.36. The molecule has 28 heavy (non-hydrogen) atoms.